The lowest BCUT2D eigenvalue weighted by Crippen LogP contribution is -2.45. The Bertz CT molecular complexity index is 317. The van der Waals surface area contributed by atoms with Gasteiger partial charge in [0.1, 0.15) is 0 Å². The average Bonchev–Trinajstić information content (AvgIpc) is 2.36. The second-order valence-electron chi connectivity index (χ2n) is 5.04. The van der Waals surface area contributed by atoms with Crippen molar-refractivity contribution in [3.63, 3.8) is 0 Å². The number of aliphatic hydroxyl groups excluding tert-OH is 1. The summed E-state index contributed by atoms with van der Waals surface area (Å²) in [6, 6.07) is 9.47. The van der Waals surface area contributed by atoms with Gasteiger partial charge in [0.05, 0.1) is 12.1 Å². The number of nitrogens with one attached hydrogen (secondary N) is 2. The number of hydroxylamine groups is 1. The average molecular weight is 252 g/mol. The molecule has 2 unspecified atom stereocenters. The van der Waals surface area contributed by atoms with Gasteiger partial charge in [-0.2, -0.15) is 5.48 Å². The smallest absolute Gasteiger partial charge is 0.0843 e. The first kappa shape index (κ1) is 15.1. The van der Waals surface area contributed by atoms with E-state index in [0.717, 1.165) is 12.1 Å². The SMILES string of the molecule is CC(C)CNCC(O)C(Cc1ccccc1)NO. The fourth-order valence-electron chi connectivity index (χ4n) is 1.80. The Morgan fingerprint density at radius 1 is 1.11 bits per heavy atom. The van der Waals surface area contributed by atoms with E-state index >= 15 is 0 Å². The van der Waals surface area contributed by atoms with E-state index in [1.165, 1.54) is 0 Å². The highest BCUT2D eigenvalue weighted by molar-refractivity contribution is 5.16. The van der Waals surface area contributed by atoms with Gasteiger partial charge in [-0.25, -0.2) is 0 Å². The van der Waals surface area contributed by atoms with E-state index in [0.29, 0.717) is 18.9 Å². The van der Waals surface area contributed by atoms with E-state index in [1.807, 2.05) is 30.3 Å². The molecule has 0 spiro atoms. The van der Waals surface area contributed by atoms with Gasteiger partial charge in [0.2, 0.25) is 0 Å². The Balaban J connectivity index is 2.40. The molecule has 0 fully saturated rings. The second kappa shape index (κ2) is 8.21. The highest BCUT2D eigenvalue weighted by Gasteiger charge is 2.18. The van der Waals surface area contributed by atoms with Crippen LogP contribution in [0.15, 0.2) is 30.3 Å². The second-order valence-corrected chi connectivity index (χ2v) is 5.04. The standard InChI is InChI=1S/C14H24N2O2/c1-11(2)9-15-10-14(17)13(16-18)8-12-6-4-3-5-7-12/h3-7,11,13-18H,8-10H2,1-2H3. The molecule has 1 aromatic carbocycles. The van der Waals surface area contributed by atoms with Crippen LogP contribution in [-0.2, 0) is 6.42 Å². The van der Waals surface area contributed by atoms with Gasteiger partial charge in [0, 0.05) is 6.54 Å². The molecule has 0 heterocycles. The third kappa shape index (κ3) is 5.60. The fraction of sp³-hybridized carbons (Fsp3) is 0.571. The van der Waals surface area contributed by atoms with Crippen molar-refractivity contribution in [2.24, 2.45) is 5.92 Å². The normalized spacial score (nSPS) is 14.7. The molecule has 0 aliphatic rings. The van der Waals surface area contributed by atoms with E-state index in [9.17, 15) is 5.11 Å². The highest BCUT2D eigenvalue weighted by atomic mass is 16.5. The summed E-state index contributed by atoms with van der Waals surface area (Å²) in [5, 5.41) is 22.3. The van der Waals surface area contributed by atoms with Crippen LogP contribution in [0.3, 0.4) is 0 Å². The molecule has 2 atom stereocenters. The Hall–Kier alpha value is -0.940. The van der Waals surface area contributed by atoms with Gasteiger partial charge in [-0.15, -0.1) is 0 Å². The van der Waals surface area contributed by atoms with Crippen molar-refractivity contribution in [2.75, 3.05) is 13.1 Å². The predicted octanol–water partition coefficient (Wildman–Crippen LogP) is 1.18. The van der Waals surface area contributed by atoms with Crippen molar-refractivity contribution in [2.45, 2.75) is 32.4 Å². The lowest BCUT2D eigenvalue weighted by atomic mass is 10.0. The summed E-state index contributed by atoms with van der Waals surface area (Å²) < 4.78 is 0. The predicted molar refractivity (Wildman–Crippen MR) is 72.6 cm³/mol. The van der Waals surface area contributed by atoms with Crippen LogP contribution in [0.2, 0.25) is 0 Å². The molecule has 0 aliphatic heterocycles. The molecule has 4 nitrogen and oxygen atoms in total. The van der Waals surface area contributed by atoms with Crippen LogP contribution in [0.1, 0.15) is 19.4 Å². The molecule has 0 radical (unpaired) electrons. The molecular weight excluding hydrogens is 228 g/mol. The number of hydrogen-bond acceptors (Lipinski definition) is 4. The molecule has 0 amide bonds. The first-order valence-electron chi connectivity index (χ1n) is 6.45. The first-order valence-corrected chi connectivity index (χ1v) is 6.45. The largest absolute Gasteiger partial charge is 0.390 e. The monoisotopic (exact) mass is 252 g/mol. The molecule has 4 N–H and O–H groups in total. The van der Waals surface area contributed by atoms with Crippen LogP contribution in [-0.4, -0.2) is 35.5 Å². The van der Waals surface area contributed by atoms with Gasteiger partial charge in [-0.1, -0.05) is 44.2 Å². The number of rotatable bonds is 8. The summed E-state index contributed by atoms with van der Waals surface area (Å²) in [4.78, 5) is 0. The van der Waals surface area contributed by atoms with E-state index in [4.69, 9.17) is 5.21 Å². The van der Waals surface area contributed by atoms with Crippen LogP contribution in [0.25, 0.3) is 0 Å². The minimum absolute atomic E-state index is 0.355. The maximum absolute atomic E-state index is 10.00. The van der Waals surface area contributed by atoms with Gasteiger partial charge in [0.15, 0.2) is 0 Å². The van der Waals surface area contributed by atoms with Crippen molar-refractivity contribution in [3.8, 4) is 0 Å². The van der Waals surface area contributed by atoms with Crippen LogP contribution < -0.4 is 10.8 Å². The van der Waals surface area contributed by atoms with Crippen LogP contribution >= 0.6 is 0 Å². The number of hydrogen-bond donors (Lipinski definition) is 4. The fourth-order valence-corrected chi connectivity index (χ4v) is 1.80. The van der Waals surface area contributed by atoms with Gasteiger partial charge in [-0.3, -0.25) is 0 Å². The van der Waals surface area contributed by atoms with Crippen molar-refractivity contribution in [1.82, 2.24) is 10.8 Å². The first-order chi connectivity index (χ1) is 8.63. The van der Waals surface area contributed by atoms with Crippen LogP contribution in [0.5, 0.6) is 0 Å². The Labute approximate surface area is 109 Å². The molecule has 0 aromatic heterocycles. The van der Waals surface area contributed by atoms with E-state index in [-0.39, 0.29) is 6.04 Å². The number of aliphatic hydroxyl groups is 1. The van der Waals surface area contributed by atoms with E-state index in [2.05, 4.69) is 24.6 Å². The summed E-state index contributed by atoms with van der Waals surface area (Å²) in [5.41, 5.74) is 3.29. The Morgan fingerprint density at radius 3 is 2.33 bits per heavy atom. The zero-order valence-electron chi connectivity index (χ0n) is 11.1. The maximum Gasteiger partial charge on any atom is 0.0843 e. The van der Waals surface area contributed by atoms with E-state index in [1.54, 1.807) is 0 Å². The van der Waals surface area contributed by atoms with Crippen molar-refractivity contribution in [1.29, 1.82) is 0 Å². The Morgan fingerprint density at radius 2 is 1.78 bits per heavy atom. The molecule has 4 heteroatoms. The van der Waals surface area contributed by atoms with Crippen molar-refractivity contribution < 1.29 is 10.3 Å². The van der Waals surface area contributed by atoms with Crippen LogP contribution in [0, 0.1) is 5.92 Å². The lowest BCUT2D eigenvalue weighted by Gasteiger charge is -2.22. The third-order valence-electron chi connectivity index (χ3n) is 2.83. The molecule has 102 valence electrons. The summed E-state index contributed by atoms with van der Waals surface area (Å²) in [6.07, 6.45) is -0.0176. The maximum atomic E-state index is 10.00. The summed E-state index contributed by atoms with van der Waals surface area (Å²) in [6.45, 7) is 5.57. The molecule has 1 aromatic rings. The minimum Gasteiger partial charge on any atom is -0.390 e. The summed E-state index contributed by atoms with van der Waals surface area (Å²) in [7, 11) is 0. The van der Waals surface area contributed by atoms with Gasteiger partial charge in [0.25, 0.3) is 0 Å². The molecule has 0 aliphatic carbocycles. The van der Waals surface area contributed by atoms with Crippen LogP contribution in [0.4, 0.5) is 0 Å². The zero-order valence-corrected chi connectivity index (χ0v) is 11.1. The Kier molecular flexibility index (Phi) is 6.90. The topological polar surface area (TPSA) is 64.5 Å². The molecule has 1 rings (SSSR count). The molecular formula is C14H24N2O2. The zero-order chi connectivity index (χ0) is 13.4. The molecule has 18 heavy (non-hydrogen) atoms. The lowest BCUT2D eigenvalue weighted by molar-refractivity contribution is 0.0396. The van der Waals surface area contributed by atoms with E-state index < -0.39 is 6.10 Å². The molecule has 0 bridgehead atoms. The third-order valence-corrected chi connectivity index (χ3v) is 2.83. The quantitative estimate of drug-likeness (QED) is 0.525. The summed E-state index contributed by atoms with van der Waals surface area (Å²) >= 11 is 0. The number of benzene rings is 1. The van der Waals surface area contributed by atoms with Gasteiger partial charge >= 0.3 is 0 Å². The highest BCUT2D eigenvalue weighted by Crippen LogP contribution is 2.05. The molecule has 0 saturated heterocycles. The van der Waals surface area contributed by atoms with Gasteiger partial charge < -0.3 is 15.6 Å². The minimum atomic E-state index is -0.617. The summed E-state index contributed by atoms with van der Waals surface area (Å²) in [5.74, 6) is 0.548. The van der Waals surface area contributed by atoms with Crippen molar-refractivity contribution in [3.05, 3.63) is 35.9 Å². The van der Waals surface area contributed by atoms with Gasteiger partial charge in [-0.05, 0) is 24.4 Å². The molecule has 0 saturated carbocycles. The van der Waals surface area contributed by atoms with Crippen molar-refractivity contribution >= 4 is 0 Å².